The number of thiol groups is 1. The average molecular weight is 161 g/mol. The zero-order valence-corrected chi connectivity index (χ0v) is 7.40. The smallest absolute Gasteiger partial charge is 0.136 e. The van der Waals surface area contributed by atoms with Crippen molar-refractivity contribution in [1.29, 1.82) is 0 Å². The molecule has 1 fully saturated rings. The summed E-state index contributed by atoms with van der Waals surface area (Å²) in [6.45, 7) is 3.15. The minimum absolute atomic E-state index is 0.144. The van der Waals surface area contributed by atoms with Gasteiger partial charge in [-0.05, 0) is 25.1 Å². The second-order valence-electron chi connectivity index (χ2n) is 2.49. The number of hydrogen-bond donors (Lipinski definition) is 2. The Morgan fingerprint density at radius 2 is 2.20 bits per heavy atom. The number of rotatable bonds is 1. The van der Waals surface area contributed by atoms with Gasteiger partial charge in [-0.3, -0.25) is 0 Å². The van der Waals surface area contributed by atoms with Gasteiger partial charge in [0.1, 0.15) is 6.29 Å². The van der Waals surface area contributed by atoms with Crippen LogP contribution < -0.4 is 5.32 Å². The molecule has 0 aromatic rings. The van der Waals surface area contributed by atoms with Crippen molar-refractivity contribution < 1.29 is 4.79 Å². The Bertz CT molecular complexity index is 97.6. The van der Waals surface area contributed by atoms with Crippen LogP contribution in [-0.4, -0.2) is 25.1 Å². The lowest BCUT2D eigenvalue weighted by Gasteiger charge is -1.94. The van der Waals surface area contributed by atoms with Crippen LogP contribution in [0.3, 0.4) is 0 Å². The Morgan fingerprint density at radius 3 is 2.40 bits per heavy atom. The molecule has 10 heavy (non-hydrogen) atoms. The first-order valence-electron chi connectivity index (χ1n) is 3.46. The van der Waals surface area contributed by atoms with Gasteiger partial charge in [0.25, 0.3) is 0 Å². The summed E-state index contributed by atoms with van der Waals surface area (Å²) in [5, 5.41) is 3.09. The van der Waals surface area contributed by atoms with Gasteiger partial charge in [0.15, 0.2) is 0 Å². The second-order valence-corrected chi connectivity index (χ2v) is 2.49. The molecular weight excluding hydrogens is 146 g/mol. The summed E-state index contributed by atoms with van der Waals surface area (Å²) in [5.74, 6) is 0.685. The van der Waals surface area contributed by atoms with E-state index in [1.54, 1.807) is 6.26 Å². The van der Waals surface area contributed by atoms with Crippen molar-refractivity contribution in [1.82, 2.24) is 5.32 Å². The van der Waals surface area contributed by atoms with Gasteiger partial charge in [-0.1, -0.05) is 6.92 Å². The van der Waals surface area contributed by atoms with E-state index in [0.717, 1.165) is 19.3 Å². The van der Waals surface area contributed by atoms with E-state index in [0.29, 0.717) is 5.92 Å². The van der Waals surface area contributed by atoms with Crippen molar-refractivity contribution in [2.75, 3.05) is 12.8 Å². The highest BCUT2D eigenvalue weighted by Gasteiger charge is 2.18. The number of nitrogens with one attached hydrogen (secondary N) is 1. The summed E-state index contributed by atoms with van der Waals surface area (Å²) in [6.07, 6.45) is 3.70. The van der Waals surface area contributed by atoms with Crippen LogP contribution in [0.5, 0.6) is 0 Å². The van der Waals surface area contributed by atoms with Crippen LogP contribution in [0.1, 0.15) is 13.3 Å². The van der Waals surface area contributed by atoms with Crippen molar-refractivity contribution >= 4 is 18.9 Å². The Kier molecular flexibility index (Phi) is 5.73. The lowest BCUT2D eigenvalue weighted by molar-refractivity contribution is -0.109. The molecule has 0 spiro atoms. The molecule has 0 aromatic carbocycles. The van der Waals surface area contributed by atoms with Gasteiger partial charge < -0.3 is 10.1 Å². The normalized spacial score (nSPS) is 30.7. The van der Waals surface area contributed by atoms with Crippen molar-refractivity contribution in [2.45, 2.75) is 19.4 Å². The summed E-state index contributed by atoms with van der Waals surface area (Å²) in [7, 11) is 0. The van der Waals surface area contributed by atoms with Crippen molar-refractivity contribution in [2.24, 2.45) is 5.92 Å². The highest BCUT2D eigenvalue weighted by molar-refractivity contribution is 7.79. The van der Waals surface area contributed by atoms with E-state index in [1.165, 1.54) is 0 Å². The predicted octanol–water partition coefficient (Wildman–Crippen LogP) is 0.729. The van der Waals surface area contributed by atoms with Crippen LogP contribution in [-0.2, 0) is 4.79 Å². The third kappa shape index (κ3) is 3.22. The van der Waals surface area contributed by atoms with E-state index in [4.69, 9.17) is 0 Å². The maximum absolute atomic E-state index is 10.1. The minimum Gasteiger partial charge on any atom is -0.307 e. The standard InChI is InChI=1S/C6H11NO.CH4S/c1-5-2-6(4-8)7-3-5;1-2/h4-7H,2-3H2,1H3;2H,1H3. The molecule has 2 nitrogen and oxygen atoms in total. The summed E-state index contributed by atoms with van der Waals surface area (Å²) in [4.78, 5) is 10.1. The molecule has 3 heteroatoms. The van der Waals surface area contributed by atoms with Crippen LogP contribution in [0.2, 0.25) is 0 Å². The topological polar surface area (TPSA) is 29.1 Å². The van der Waals surface area contributed by atoms with Gasteiger partial charge in [-0.2, -0.15) is 12.6 Å². The lowest BCUT2D eigenvalue weighted by atomic mass is 10.1. The quantitative estimate of drug-likeness (QED) is 0.438. The van der Waals surface area contributed by atoms with Crippen LogP contribution in [0.25, 0.3) is 0 Å². The van der Waals surface area contributed by atoms with Crippen LogP contribution in [0.4, 0.5) is 0 Å². The molecule has 0 radical (unpaired) electrons. The lowest BCUT2D eigenvalue weighted by Crippen LogP contribution is -2.22. The average Bonchev–Trinajstić information content (AvgIpc) is 2.40. The molecule has 0 amide bonds. The molecule has 0 bridgehead atoms. The largest absolute Gasteiger partial charge is 0.307 e. The van der Waals surface area contributed by atoms with Crippen molar-refractivity contribution in [3.63, 3.8) is 0 Å². The van der Waals surface area contributed by atoms with Gasteiger partial charge in [0.2, 0.25) is 0 Å². The van der Waals surface area contributed by atoms with Gasteiger partial charge in [-0.25, -0.2) is 0 Å². The molecular formula is C7H15NOS. The fraction of sp³-hybridized carbons (Fsp3) is 0.857. The second kappa shape index (κ2) is 5.74. The first-order chi connectivity index (χ1) is 4.83. The predicted molar refractivity (Wildman–Crippen MR) is 46.5 cm³/mol. The molecule has 1 saturated heterocycles. The van der Waals surface area contributed by atoms with Crippen molar-refractivity contribution in [3.05, 3.63) is 0 Å². The Balaban J connectivity index is 0.000000371. The Morgan fingerprint density at radius 1 is 1.60 bits per heavy atom. The fourth-order valence-corrected chi connectivity index (χ4v) is 1.06. The molecule has 0 saturated carbocycles. The summed E-state index contributed by atoms with van der Waals surface area (Å²) in [5.41, 5.74) is 0. The van der Waals surface area contributed by atoms with Crippen LogP contribution in [0.15, 0.2) is 0 Å². The van der Waals surface area contributed by atoms with E-state index in [9.17, 15) is 4.79 Å². The zero-order chi connectivity index (χ0) is 7.98. The molecule has 2 atom stereocenters. The third-order valence-electron chi connectivity index (χ3n) is 1.55. The Hall–Kier alpha value is -0.0200. The first kappa shape index (κ1) is 9.98. The van der Waals surface area contributed by atoms with E-state index < -0.39 is 0 Å². The molecule has 1 heterocycles. The summed E-state index contributed by atoms with van der Waals surface area (Å²) < 4.78 is 0. The van der Waals surface area contributed by atoms with Gasteiger partial charge in [-0.15, -0.1) is 0 Å². The maximum Gasteiger partial charge on any atom is 0.136 e. The number of hydrogen-bond acceptors (Lipinski definition) is 3. The fourth-order valence-electron chi connectivity index (χ4n) is 1.06. The molecule has 1 N–H and O–H groups in total. The number of carbonyl (C=O) groups excluding carboxylic acids is 1. The molecule has 1 rings (SSSR count). The molecule has 2 unspecified atom stereocenters. The molecule has 1 aliphatic heterocycles. The van der Waals surface area contributed by atoms with Crippen LogP contribution >= 0.6 is 12.6 Å². The van der Waals surface area contributed by atoms with Gasteiger partial charge in [0, 0.05) is 0 Å². The SMILES string of the molecule is CC1CNC(C=O)C1.CS. The van der Waals surface area contributed by atoms with Crippen LogP contribution in [0, 0.1) is 5.92 Å². The summed E-state index contributed by atoms with van der Waals surface area (Å²) in [6, 6.07) is 0.144. The van der Waals surface area contributed by atoms with Crippen molar-refractivity contribution in [3.8, 4) is 0 Å². The van der Waals surface area contributed by atoms with E-state index in [2.05, 4.69) is 24.9 Å². The highest BCUT2D eigenvalue weighted by atomic mass is 32.1. The Labute approximate surface area is 67.8 Å². The minimum atomic E-state index is 0.144. The third-order valence-corrected chi connectivity index (χ3v) is 1.55. The molecule has 60 valence electrons. The summed E-state index contributed by atoms with van der Waals surface area (Å²) >= 11 is 3.53. The molecule has 1 aliphatic rings. The number of aldehydes is 1. The van der Waals surface area contributed by atoms with Gasteiger partial charge in [0.05, 0.1) is 6.04 Å². The van der Waals surface area contributed by atoms with E-state index in [-0.39, 0.29) is 6.04 Å². The number of carbonyl (C=O) groups is 1. The maximum atomic E-state index is 10.1. The molecule has 0 aliphatic carbocycles. The molecule has 0 aromatic heterocycles. The first-order valence-corrected chi connectivity index (χ1v) is 4.36. The van der Waals surface area contributed by atoms with E-state index in [1.807, 2.05) is 0 Å². The monoisotopic (exact) mass is 161 g/mol. The zero-order valence-electron chi connectivity index (χ0n) is 6.50. The van der Waals surface area contributed by atoms with Gasteiger partial charge >= 0.3 is 0 Å². The van der Waals surface area contributed by atoms with E-state index >= 15 is 0 Å². The highest BCUT2D eigenvalue weighted by Crippen LogP contribution is 2.09.